The highest BCUT2D eigenvalue weighted by Crippen LogP contribution is 2.46. The smallest absolute Gasteiger partial charge is 0.272 e. The highest BCUT2D eigenvalue weighted by Gasteiger charge is 2.51. The number of nitrogens with zero attached hydrogens (tertiary/aromatic N) is 4. The van der Waals surface area contributed by atoms with Crippen molar-refractivity contribution in [1.29, 1.82) is 0 Å². The lowest BCUT2D eigenvalue weighted by molar-refractivity contribution is 0.0505. The number of aryl methyl sites for hydroxylation is 2. The minimum Gasteiger partial charge on any atom is -0.488 e. The Morgan fingerprint density at radius 1 is 1.48 bits per heavy atom. The van der Waals surface area contributed by atoms with Crippen LogP contribution in [-0.4, -0.2) is 55.3 Å². The molecule has 2 saturated heterocycles. The Morgan fingerprint density at radius 2 is 2.32 bits per heavy atom. The van der Waals surface area contributed by atoms with E-state index in [1.807, 2.05) is 48.7 Å². The largest absolute Gasteiger partial charge is 0.488 e. The molecule has 1 amide bonds. The van der Waals surface area contributed by atoms with Gasteiger partial charge >= 0.3 is 0 Å². The van der Waals surface area contributed by atoms with Gasteiger partial charge in [0.1, 0.15) is 17.5 Å². The van der Waals surface area contributed by atoms with Crippen molar-refractivity contribution in [2.45, 2.75) is 37.7 Å². The summed E-state index contributed by atoms with van der Waals surface area (Å²) in [5.74, 6) is 1.87. The summed E-state index contributed by atoms with van der Waals surface area (Å²) < 4.78 is 7.96. The zero-order chi connectivity index (χ0) is 17.4. The second-order valence-electron chi connectivity index (χ2n) is 6.77. The van der Waals surface area contributed by atoms with Crippen LogP contribution in [-0.2, 0) is 6.54 Å². The molecule has 2 fully saturated rings. The number of pyridine rings is 1. The van der Waals surface area contributed by atoms with E-state index in [2.05, 4.69) is 10.1 Å². The predicted octanol–water partition coefficient (Wildman–Crippen LogP) is 2.39. The third kappa shape index (κ3) is 3.13. The van der Waals surface area contributed by atoms with Gasteiger partial charge in [-0.2, -0.15) is 5.10 Å². The van der Waals surface area contributed by atoms with E-state index in [-0.39, 0.29) is 16.8 Å². The zero-order valence-corrected chi connectivity index (χ0v) is 15.3. The molecule has 0 aliphatic carbocycles. The molecule has 0 saturated carbocycles. The maximum Gasteiger partial charge on any atom is 0.272 e. The van der Waals surface area contributed by atoms with Crippen LogP contribution in [0, 0.1) is 6.92 Å². The molecule has 0 unspecified atom stereocenters. The Balaban J connectivity index is 1.36. The average Bonchev–Trinajstić information content (AvgIpc) is 3.17. The van der Waals surface area contributed by atoms with Gasteiger partial charge in [0.25, 0.3) is 5.91 Å². The molecule has 6 nitrogen and oxygen atoms in total. The predicted molar refractivity (Wildman–Crippen MR) is 97.0 cm³/mol. The van der Waals surface area contributed by atoms with Crippen molar-refractivity contribution in [3.63, 3.8) is 0 Å². The van der Waals surface area contributed by atoms with E-state index < -0.39 is 0 Å². The molecule has 0 radical (unpaired) electrons. The minimum absolute atomic E-state index is 0.0882. The van der Waals surface area contributed by atoms with Crippen LogP contribution in [0.1, 0.15) is 29.5 Å². The van der Waals surface area contributed by atoms with E-state index in [1.54, 1.807) is 17.1 Å². The van der Waals surface area contributed by atoms with Crippen molar-refractivity contribution in [1.82, 2.24) is 19.7 Å². The van der Waals surface area contributed by atoms with Crippen molar-refractivity contribution in [2.75, 3.05) is 18.8 Å². The molecule has 1 spiro atoms. The summed E-state index contributed by atoms with van der Waals surface area (Å²) in [5.41, 5.74) is 1.58. The van der Waals surface area contributed by atoms with Gasteiger partial charge in [0.2, 0.25) is 0 Å². The average molecular weight is 358 g/mol. The standard InChI is InChI=1S/C18H22N4O2S/c1-3-22-16(7-13(2)20-22)17(23)21-11-18(12-21)8-15(10-25-18)24-14-5-4-6-19-9-14/h4-7,9,15H,3,8,10-12H2,1-2H3/t15-/m0/s1. The Kier molecular flexibility index (Phi) is 4.19. The number of ether oxygens (including phenoxy) is 1. The number of thioether (sulfide) groups is 1. The Hall–Kier alpha value is -2.02. The van der Waals surface area contributed by atoms with Crippen LogP contribution in [0.25, 0.3) is 0 Å². The van der Waals surface area contributed by atoms with Gasteiger partial charge in [-0.05, 0) is 32.0 Å². The fraction of sp³-hybridized carbons (Fsp3) is 0.500. The van der Waals surface area contributed by atoms with Gasteiger partial charge in [0.15, 0.2) is 0 Å². The first-order valence-corrected chi connectivity index (χ1v) is 9.61. The molecule has 2 aromatic heterocycles. The molecule has 4 rings (SSSR count). The topological polar surface area (TPSA) is 60.2 Å². The van der Waals surface area contributed by atoms with Gasteiger partial charge in [-0.3, -0.25) is 14.5 Å². The fourth-order valence-electron chi connectivity index (χ4n) is 3.62. The number of amides is 1. The normalized spacial score (nSPS) is 21.4. The molecular formula is C18H22N4O2S. The highest BCUT2D eigenvalue weighted by molar-refractivity contribution is 8.01. The van der Waals surface area contributed by atoms with Gasteiger partial charge in [0.05, 0.1) is 16.6 Å². The third-order valence-electron chi connectivity index (χ3n) is 4.78. The van der Waals surface area contributed by atoms with Crippen LogP contribution in [0.3, 0.4) is 0 Å². The van der Waals surface area contributed by atoms with Crippen molar-refractivity contribution in [2.24, 2.45) is 0 Å². The molecule has 2 aromatic rings. The first kappa shape index (κ1) is 16.4. The van der Waals surface area contributed by atoms with Gasteiger partial charge < -0.3 is 9.64 Å². The quantitative estimate of drug-likeness (QED) is 0.840. The van der Waals surface area contributed by atoms with Gasteiger partial charge in [-0.1, -0.05) is 0 Å². The van der Waals surface area contributed by atoms with E-state index in [4.69, 9.17) is 4.74 Å². The summed E-state index contributed by atoms with van der Waals surface area (Å²) >= 11 is 1.93. The molecule has 25 heavy (non-hydrogen) atoms. The highest BCUT2D eigenvalue weighted by atomic mass is 32.2. The molecule has 0 aromatic carbocycles. The summed E-state index contributed by atoms with van der Waals surface area (Å²) in [6.07, 6.45) is 4.66. The number of carbonyl (C=O) groups is 1. The molecule has 2 aliphatic rings. The Bertz CT molecular complexity index is 771. The van der Waals surface area contributed by atoms with E-state index in [1.165, 1.54) is 0 Å². The summed E-state index contributed by atoms with van der Waals surface area (Å²) in [4.78, 5) is 18.8. The number of hydrogen-bond acceptors (Lipinski definition) is 5. The monoisotopic (exact) mass is 358 g/mol. The van der Waals surface area contributed by atoms with Crippen LogP contribution in [0.2, 0.25) is 0 Å². The molecule has 4 heterocycles. The van der Waals surface area contributed by atoms with E-state index >= 15 is 0 Å². The van der Waals surface area contributed by atoms with E-state index in [0.29, 0.717) is 12.2 Å². The van der Waals surface area contributed by atoms with Crippen LogP contribution in [0.15, 0.2) is 30.6 Å². The van der Waals surface area contributed by atoms with E-state index in [0.717, 1.165) is 36.7 Å². The van der Waals surface area contributed by atoms with Crippen LogP contribution >= 0.6 is 11.8 Å². The minimum atomic E-state index is 0.0882. The number of aromatic nitrogens is 3. The van der Waals surface area contributed by atoms with Gasteiger partial charge in [-0.15, -0.1) is 11.8 Å². The first-order chi connectivity index (χ1) is 12.1. The molecule has 1 atom stereocenters. The van der Waals surface area contributed by atoms with E-state index in [9.17, 15) is 4.79 Å². The Morgan fingerprint density at radius 3 is 3.04 bits per heavy atom. The SMILES string of the molecule is CCn1nc(C)cc1C(=O)N1CC2(C[C@H](Oc3cccnc3)CS2)C1. The summed E-state index contributed by atoms with van der Waals surface area (Å²) in [5, 5.41) is 4.38. The van der Waals surface area contributed by atoms with Crippen LogP contribution in [0.5, 0.6) is 5.75 Å². The molecule has 2 aliphatic heterocycles. The molecule has 0 bridgehead atoms. The lowest BCUT2D eigenvalue weighted by Crippen LogP contribution is -2.61. The second-order valence-corrected chi connectivity index (χ2v) is 8.26. The first-order valence-electron chi connectivity index (χ1n) is 8.63. The zero-order valence-electron chi connectivity index (χ0n) is 14.5. The summed E-state index contributed by atoms with van der Waals surface area (Å²) in [6, 6.07) is 5.70. The van der Waals surface area contributed by atoms with Crippen LogP contribution < -0.4 is 4.74 Å². The molecule has 132 valence electrons. The maximum atomic E-state index is 12.7. The second kappa shape index (κ2) is 6.37. The molecule has 0 N–H and O–H groups in total. The summed E-state index contributed by atoms with van der Waals surface area (Å²) in [6.45, 7) is 6.22. The molecule has 7 heteroatoms. The van der Waals surface area contributed by atoms with Gasteiger partial charge in [0, 0.05) is 38.0 Å². The number of hydrogen-bond donors (Lipinski definition) is 0. The third-order valence-corrected chi connectivity index (χ3v) is 6.35. The summed E-state index contributed by atoms with van der Waals surface area (Å²) in [7, 11) is 0. The number of carbonyl (C=O) groups excluding carboxylic acids is 1. The Labute approximate surface area is 151 Å². The van der Waals surface area contributed by atoms with Crippen molar-refractivity contribution < 1.29 is 9.53 Å². The van der Waals surface area contributed by atoms with Crippen molar-refractivity contribution in [3.05, 3.63) is 42.0 Å². The maximum absolute atomic E-state index is 12.7. The lowest BCUT2D eigenvalue weighted by Gasteiger charge is -2.47. The van der Waals surface area contributed by atoms with Crippen molar-refractivity contribution >= 4 is 17.7 Å². The van der Waals surface area contributed by atoms with Crippen LogP contribution in [0.4, 0.5) is 0 Å². The molecular weight excluding hydrogens is 336 g/mol. The number of rotatable bonds is 4. The number of likely N-dealkylation sites (tertiary alicyclic amines) is 1. The van der Waals surface area contributed by atoms with Crippen molar-refractivity contribution in [3.8, 4) is 5.75 Å². The lowest BCUT2D eigenvalue weighted by atomic mass is 9.92. The fourth-order valence-corrected chi connectivity index (χ4v) is 5.14. The van der Waals surface area contributed by atoms with Gasteiger partial charge in [-0.25, -0.2) is 0 Å².